The molecule has 1 aliphatic carbocycles. The molecule has 11 nitrogen and oxygen atoms in total. The number of methoxy groups -OCH3 is 2. The Balaban J connectivity index is -0.000000717. The maximum atomic E-state index is 11.9. The van der Waals surface area contributed by atoms with Crippen LogP contribution in [0.5, 0.6) is 0 Å². The summed E-state index contributed by atoms with van der Waals surface area (Å²) in [5.41, 5.74) is 5.24. The van der Waals surface area contributed by atoms with Crippen LogP contribution in [0.3, 0.4) is 0 Å². The fourth-order valence-corrected chi connectivity index (χ4v) is 6.04. The molecule has 2 aliphatic rings. The molecule has 286 valence electrons. The van der Waals surface area contributed by atoms with Crippen LogP contribution in [-0.2, 0) is 28.7 Å². The normalized spacial score (nSPS) is 21.1. The summed E-state index contributed by atoms with van der Waals surface area (Å²) in [5, 5.41) is 13.0. The molecule has 0 aromatic rings. The standard InChI is InChI=1S/C19H33NO2.C13H23N2O4.C3H8.CH3NO.Fm/c1-13-8-10-16(11-9-13)18(21)14(2)15(3)19(22-5)17-7-6-12-20(17)4;1-5-10(2)13(11(19-4)6-7-16)15(3)12(18)8-14-9-17;1-3-2;2-1-3;/h8,10-11,13-15,17-19,21H,6-7,9,12H2,1-5H3;7,10-11,13H,5-6,8H2,1-4H3,(H,14,17);3H2,1-2H3;1H,(H2,2,3);/q;-1;;;. The first-order chi connectivity index (χ1) is 22.3. The number of ether oxygens (including phenoxy) is 2. The quantitative estimate of drug-likeness (QED) is 0.120. The third-order valence-corrected chi connectivity index (χ3v) is 9.15. The van der Waals surface area contributed by atoms with Gasteiger partial charge in [0.05, 0.1) is 30.9 Å². The van der Waals surface area contributed by atoms with Gasteiger partial charge < -0.3 is 45.0 Å². The van der Waals surface area contributed by atoms with E-state index in [-0.39, 0.29) is 55.4 Å². The molecule has 3 amide bonds. The predicted molar refractivity (Wildman–Crippen MR) is 189 cm³/mol. The molecule has 0 aromatic carbocycles. The molecule has 0 bridgehead atoms. The van der Waals surface area contributed by atoms with Gasteiger partial charge in [-0.15, -0.1) is 0 Å². The molecular weight excluding hydrogens is 857 g/mol. The van der Waals surface area contributed by atoms with E-state index in [0.717, 1.165) is 31.2 Å². The Kier molecular flexibility index (Phi) is 28.9. The summed E-state index contributed by atoms with van der Waals surface area (Å²) >= 11 is 0. The zero-order valence-corrected chi connectivity index (χ0v) is 33.8. The Bertz CT molecular complexity index is 923. The molecule has 1 aliphatic heterocycles. The first-order valence-corrected chi connectivity index (χ1v) is 17.1. The molecule has 9 atom stereocenters. The van der Waals surface area contributed by atoms with Crippen molar-refractivity contribution in [2.75, 3.05) is 41.4 Å². The van der Waals surface area contributed by atoms with Crippen LogP contribution in [-0.4, -0.2) is 112 Å². The zero-order valence-electron chi connectivity index (χ0n) is 31.4. The fourth-order valence-electron chi connectivity index (χ4n) is 6.04. The van der Waals surface area contributed by atoms with Crippen LogP contribution in [0.15, 0.2) is 23.8 Å². The van der Waals surface area contributed by atoms with Gasteiger partial charge in [-0.1, -0.05) is 79.5 Å². The van der Waals surface area contributed by atoms with Crippen LogP contribution in [0, 0.1) is 23.7 Å². The molecular formula is C36H67FmN4O7-. The number of aliphatic hydroxyl groups is 1. The van der Waals surface area contributed by atoms with Crippen molar-refractivity contribution in [3.05, 3.63) is 23.8 Å². The van der Waals surface area contributed by atoms with Crippen LogP contribution < -0.4 is 11.1 Å². The van der Waals surface area contributed by atoms with Crippen molar-refractivity contribution in [2.45, 2.75) is 117 Å². The van der Waals surface area contributed by atoms with Gasteiger partial charge in [0.1, 0.15) is 6.29 Å². The number of allylic oxidation sites excluding steroid dienone is 2. The van der Waals surface area contributed by atoms with E-state index in [9.17, 15) is 19.5 Å². The van der Waals surface area contributed by atoms with Crippen molar-refractivity contribution in [1.29, 1.82) is 0 Å². The SMILES string of the molecule is CCC.CCC(C)C(C(CC=O)OC)N(C)C(=O)CN[C-]=O.COC(C(C)C(C)C(O)C1=CCC(C)C=C1)C1CCCN1C.NC=O.[Fm]. The van der Waals surface area contributed by atoms with Crippen LogP contribution >= 0.6 is 0 Å². The Hall–Kier alpha value is -3.60. The van der Waals surface area contributed by atoms with Gasteiger partial charge in [0.2, 0.25) is 12.3 Å². The smallest absolute Gasteiger partial charge is 0.239 e. The van der Waals surface area contributed by atoms with Gasteiger partial charge in [0.25, 0.3) is 0 Å². The first-order valence-electron chi connectivity index (χ1n) is 17.1. The van der Waals surface area contributed by atoms with E-state index in [0.29, 0.717) is 17.9 Å². The summed E-state index contributed by atoms with van der Waals surface area (Å²) in [5.74, 6) is 1.03. The predicted octanol–water partition coefficient (Wildman–Crippen LogP) is 3.89. The van der Waals surface area contributed by atoms with E-state index >= 15 is 0 Å². The van der Waals surface area contributed by atoms with Gasteiger partial charge in [-0.3, -0.25) is 9.59 Å². The monoisotopic (exact) mass is 925 g/mol. The number of carbonyl (C=O) groups is 3. The van der Waals surface area contributed by atoms with Gasteiger partial charge in [-0.25, -0.2) is 0 Å². The summed E-state index contributed by atoms with van der Waals surface area (Å²) in [4.78, 5) is 45.3. The van der Waals surface area contributed by atoms with Gasteiger partial charge in [0.15, 0.2) is 0 Å². The summed E-state index contributed by atoms with van der Waals surface area (Å²) in [7, 11) is 7.18. The van der Waals surface area contributed by atoms with E-state index in [1.807, 2.05) is 21.0 Å². The number of rotatable bonds is 16. The second-order valence-corrected chi connectivity index (χ2v) is 12.7. The molecule has 1 fully saturated rings. The molecule has 1 heterocycles. The number of aldehydes is 1. The van der Waals surface area contributed by atoms with Gasteiger partial charge in [0, 0.05) is 33.7 Å². The van der Waals surface area contributed by atoms with Crippen molar-refractivity contribution in [3.63, 3.8) is 0 Å². The summed E-state index contributed by atoms with van der Waals surface area (Å²) in [6, 6.07) is 0.270. The molecule has 1 saturated heterocycles. The Morgan fingerprint density at radius 2 is 1.77 bits per heavy atom. The average Bonchev–Trinajstić information content (AvgIpc) is 3.49. The van der Waals surface area contributed by atoms with E-state index < -0.39 is 6.10 Å². The Morgan fingerprint density at radius 3 is 2.17 bits per heavy atom. The molecule has 12 heteroatoms. The van der Waals surface area contributed by atoms with Crippen LogP contribution in [0.2, 0.25) is 0 Å². The molecule has 0 spiro atoms. The number of carbonyl (C=O) groups excluding carboxylic acids is 4. The van der Waals surface area contributed by atoms with Crippen LogP contribution in [0.1, 0.15) is 87.0 Å². The molecule has 9 unspecified atom stereocenters. The maximum Gasteiger partial charge on any atom is 0.239 e. The third kappa shape index (κ3) is 17.0. The average molecular weight is 925 g/mol. The van der Waals surface area contributed by atoms with Crippen molar-refractivity contribution >= 4 is 25.0 Å². The topological polar surface area (TPSA) is 152 Å². The number of likely N-dealkylation sites (tertiary alicyclic amines) is 1. The van der Waals surface area contributed by atoms with E-state index in [1.165, 1.54) is 37.7 Å². The number of likely N-dealkylation sites (N-methyl/N-ethyl adjacent to an activating group) is 2. The number of nitrogens with one attached hydrogen (secondary N) is 1. The van der Waals surface area contributed by atoms with Crippen LogP contribution in [0.4, 0.5) is 0 Å². The Morgan fingerprint density at radius 1 is 1.19 bits per heavy atom. The molecule has 0 aromatic heterocycles. The molecule has 4 N–H and O–H groups in total. The van der Waals surface area contributed by atoms with Crippen molar-refractivity contribution in [1.82, 2.24) is 15.1 Å². The number of hydrogen-bond acceptors (Lipinski definition) is 8. The number of amides is 3. The number of aliphatic hydroxyl groups excluding tert-OH is 1. The van der Waals surface area contributed by atoms with Crippen molar-refractivity contribution in [2.24, 2.45) is 29.4 Å². The zero-order chi connectivity index (χ0) is 36.5. The second kappa shape index (κ2) is 28.4. The Labute approximate surface area is 285 Å². The maximum absolute atomic E-state index is 11.9. The summed E-state index contributed by atoms with van der Waals surface area (Å²) in [6.07, 6.45) is 14.3. The number of primary amides is 1. The van der Waals surface area contributed by atoms with Gasteiger partial charge in [-0.2, -0.15) is 6.41 Å². The number of nitrogens with zero attached hydrogens (tertiary/aromatic N) is 2. The van der Waals surface area contributed by atoms with Gasteiger partial charge in [-0.05, 0) is 62.1 Å². The summed E-state index contributed by atoms with van der Waals surface area (Å²) in [6.45, 7) is 15.9. The minimum atomic E-state index is -0.400. The molecule has 2 rings (SSSR count). The molecule has 0 saturated carbocycles. The minimum Gasteiger partial charge on any atom is -0.522 e. The third-order valence-electron chi connectivity index (χ3n) is 9.15. The van der Waals surface area contributed by atoms with E-state index in [4.69, 9.17) is 14.3 Å². The van der Waals surface area contributed by atoms with Gasteiger partial charge >= 0.3 is 0 Å². The number of nitrogens with two attached hydrogens (primary N) is 1. The largest absolute Gasteiger partial charge is 0.522 e. The molecule has 0 radical (unpaired) electrons. The van der Waals surface area contributed by atoms with E-state index in [2.05, 4.69) is 75.8 Å². The van der Waals surface area contributed by atoms with E-state index in [1.54, 1.807) is 7.05 Å². The first kappa shape index (κ1) is 48.8. The van der Waals surface area contributed by atoms with Crippen LogP contribution in [0.25, 0.3) is 0 Å². The molecule has 48 heavy (non-hydrogen) atoms. The number of hydrogen-bond donors (Lipinski definition) is 3. The minimum absolute atomic E-state index is 0. The summed E-state index contributed by atoms with van der Waals surface area (Å²) < 4.78 is 11.2. The van der Waals surface area contributed by atoms with Crippen molar-refractivity contribution in [3.8, 4) is 0 Å². The second-order valence-electron chi connectivity index (χ2n) is 12.7. The fraction of sp³-hybridized carbons (Fsp3) is 0.778. The van der Waals surface area contributed by atoms with Crippen molar-refractivity contribution < 1.29 is 33.8 Å².